The van der Waals surface area contributed by atoms with Crippen LogP contribution in [0.1, 0.15) is 35.6 Å². The van der Waals surface area contributed by atoms with E-state index >= 15 is 0 Å². The molecule has 0 saturated heterocycles. The van der Waals surface area contributed by atoms with Crippen LogP contribution in [0.15, 0.2) is 72.9 Å². The molecule has 234 valence electrons. The number of pyridine rings is 1. The van der Waals surface area contributed by atoms with E-state index in [0.717, 1.165) is 0 Å². The molecular formula is C24H21MgNNa2O16S2. The first-order valence-electron chi connectivity index (χ1n) is 11.5. The Labute approximate surface area is 319 Å². The van der Waals surface area contributed by atoms with Crippen molar-refractivity contribution in [2.24, 2.45) is 0 Å². The van der Waals surface area contributed by atoms with Crippen LogP contribution in [-0.2, 0) is 38.4 Å². The fourth-order valence-corrected chi connectivity index (χ4v) is 4.16. The van der Waals surface area contributed by atoms with E-state index in [1.807, 2.05) is 0 Å². The minimum absolute atomic E-state index is 0. The maximum absolute atomic E-state index is 10.7. The molecule has 0 radical (unpaired) electrons. The summed E-state index contributed by atoms with van der Waals surface area (Å²) < 4.78 is 81.3. The van der Waals surface area contributed by atoms with Gasteiger partial charge in [0.15, 0.2) is 5.60 Å². The molecule has 0 aliphatic rings. The fourth-order valence-electron chi connectivity index (χ4n) is 3.46. The van der Waals surface area contributed by atoms with Crippen LogP contribution in [0.4, 0.5) is 0 Å². The second-order valence-electron chi connectivity index (χ2n) is 8.29. The van der Waals surface area contributed by atoms with Crippen molar-refractivity contribution in [3.63, 3.8) is 0 Å². The number of carbonyl (C=O) groups is 3. The van der Waals surface area contributed by atoms with Gasteiger partial charge in [0, 0.05) is 6.20 Å². The molecule has 0 fully saturated rings. The monoisotopic (exact) mass is 713 g/mol. The van der Waals surface area contributed by atoms with Crippen molar-refractivity contribution in [2.45, 2.75) is 24.4 Å². The number of nitrogens with zero attached hydrogens (tertiary/aromatic N) is 1. The Morgan fingerprint density at radius 1 is 0.739 bits per heavy atom. The molecule has 0 aliphatic carbocycles. The van der Waals surface area contributed by atoms with Gasteiger partial charge >= 0.3 is 102 Å². The van der Waals surface area contributed by atoms with E-state index in [9.17, 15) is 40.3 Å². The predicted octanol–water partition coefficient (Wildman–Crippen LogP) is -5.80. The van der Waals surface area contributed by atoms with E-state index in [0.29, 0.717) is 38.5 Å². The molecule has 3 aromatic rings. The number of aromatic nitrogens is 1. The van der Waals surface area contributed by atoms with E-state index in [1.165, 1.54) is 24.3 Å². The molecule has 17 nitrogen and oxygen atoms in total. The first kappa shape index (κ1) is 46.1. The zero-order chi connectivity index (χ0) is 33.7. The first-order chi connectivity index (χ1) is 20.4. The summed E-state index contributed by atoms with van der Waals surface area (Å²) in [5.41, 5.74) is -0.686. The molecule has 0 saturated carbocycles. The van der Waals surface area contributed by atoms with Gasteiger partial charge in [0.2, 0.25) is 0 Å². The van der Waals surface area contributed by atoms with Crippen LogP contribution in [-0.4, -0.2) is 96.5 Å². The van der Waals surface area contributed by atoms with E-state index in [1.54, 1.807) is 48.7 Å². The van der Waals surface area contributed by atoms with Gasteiger partial charge in [0.25, 0.3) is 20.8 Å². The van der Waals surface area contributed by atoms with Crippen molar-refractivity contribution < 1.29 is 131 Å². The summed E-state index contributed by atoms with van der Waals surface area (Å²) in [6.45, 7) is 0. The molecule has 0 spiro atoms. The summed E-state index contributed by atoms with van der Waals surface area (Å²) in [5, 5.41) is 33.8. The van der Waals surface area contributed by atoms with Crippen LogP contribution < -0.4 is 67.5 Å². The van der Waals surface area contributed by atoms with Gasteiger partial charge in [-0.1, -0.05) is 30.3 Å². The SMILES string of the molecule is O=C(O)CC(O)(CC(=O)O)C(=O)O.O=S(=O)([O-])Oc1ccc(C(c2ccc(OS(=O)(=O)[O-])cc2)c2ccccn2)cc1.[Na+].[Na+].[O]=[Mg]. The summed E-state index contributed by atoms with van der Waals surface area (Å²) in [7, 11) is -9.77. The topological polar surface area (TPSA) is 295 Å². The van der Waals surface area contributed by atoms with Crippen LogP contribution >= 0.6 is 0 Å². The average molecular weight is 714 g/mol. The molecule has 0 amide bonds. The van der Waals surface area contributed by atoms with Crippen LogP contribution in [0.3, 0.4) is 0 Å². The molecular weight excluding hydrogens is 693 g/mol. The number of carboxylic acid groups (broad SMARTS) is 3. The molecule has 22 heteroatoms. The molecule has 3 rings (SSSR count). The molecule has 0 atom stereocenters. The molecule has 0 unspecified atom stereocenters. The Morgan fingerprint density at radius 3 is 1.37 bits per heavy atom. The van der Waals surface area contributed by atoms with Crippen LogP contribution in [0.25, 0.3) is 0 Å². The van der Waals surface area contributed by atoms with Crippen molar-refractivity contribution in [2.75, 3.05) is 0 Å². The fraction of sp³-hybridized carbons (Fsp3) is 0.167. The molecule has 46 heavy (non-hydrogen) atoms. The zero-order valence-electron chi connectivity index (χ0n) is 24.1. The standard InChI is InChI=1S/C18H15NO8S2.C6H8O7.Mg.2Na.O/c20-28(21,22)26-15-8-4-13(5-9-15)18(17-3-1-2-12-19-17)14-6-10-16(11-7-14)27-29(23,24)25;7-3(8)1-6(13,5(11)12)2-4(9)10;;;;/h1-12,18H,(H,20,21,22)(H,23,24,25);13H,1-2H2,(H,7,8)(H,9,10)(H,11,12);;;;/q;;;2*+1;/p-2. The van der Waals surface area contributed by atoms with Gasteiger partial charge in [-0.15, -0.1) is 0 Å². The quantitative estimate of drug-likeness (QED) is 0.0772. The summed E-state index contributed by atoms with van der Waals surface area (Å²) in [5.74, 6) is -5.69. The Morgan fingerprint density at radius 2 is 1.11 bits per heavy atom. The third kappa shape index (κ3) is 17.2. The van der Waals surface area contributed by atoms with Crippen molar-refractivity contribution in [1.82, 2.24) is 4.98 Å². The van der Waals surface area contributed by atoms with Gasteiger partial charge in [-0.2, -0.15) is 0 Å². The molecule has 1 aromatic heterocycles. The van der Waals surface area contributed by atoms with E-state index in [4.69, 9.17) is 23.6 Å². The van der Waals surface area contributed by atoms with Crippen molar-refractivity contribution >= 4 is 60.4 Å². The number of carboxylic acids is 3. The maximum atomic E-state index is 10.7. The molecule has 0 bridgehead atoms. The number of aliphatic hydroxyl groups is 1. The Kier molecular flexibility index (Phi) is 21.1. The summed E-state index contributed by atoms with van der Waals surface area (Å²) in [6, 6.07) is 17.0. The number of benzene rings is 2. The predicted molar refractivity (Wildman–Crippen MR) is 142 cm³/mol. The van der Waals surface area contributed by atoms with Crippen molar-refractivity contribution in [3.8, 4) is 11.5 Å². The van der Waals surface area contributed by atoms with Gasteiger partial charge in [-0.05, 0) is 47.5 Å². The van der Waals surface area contributed by atoms with Crippen LogP contribution in [0.2, 0.25) is 0 Å². The number of aliphatic carboxylic acids is 3. The second kappa shape index (κ2) is 21.0. The van der Waals surface area contributed by atoms with Gasteiger partial charge in [-0.25, -0.2) is 21.6 Å². The number of rotatable bonds is 12. The number of hydrogen-bond donors (Lipinski definition) is 4. The first-order valence-corrected chi connectivity index (χ1v) is 14.7. The summed E-state index contributed by atoms with van der Waals surface area (Å²) in [4.78, 5) is 34.8. The third-order valence-corrected chi connectivity index (χ3v) is 5.89. The van der Waals surface area contributed by atoms with Gasteiger partial charge in [0.1, 0.15) is 11.5 Å². The number of hydrogen-bond acceptors (Lipinski definition) is 14. The van der Waals surface area contributed by atoms with E-state index in [-0.39, 0.29) is 70.6 Å². The second-order valence-corrected chi connectivity index (χ2v) is 10.3. The van der Waals surface area contributed by atoms with Gasteiger partial charge in [-0.3, -0.25) is 14.6 Å². The summed E-state index contributed by atoms with van der Waals surface area (Å²) in [6.07, 6.45) is -0.686. The molecule has 1 heterocycles. The molecule has 0 aliphatic heterocycles. The van der Waals surface area contributed by atoms with Crippen LogP contribution in [0, 0.1) is 0 Å². The molecule has 2 aromatic carbocycles. The minimum atomic E-state index is -4.89. The van der Waals surface area contributed by atoms with Crippen molar-refractivity contribution in [1.29, 1.82) is 0 Å². The van der Waals surface area contributed by atoms with Gasteiger partial charge < -0.3 is 37.9 Å². The Bertz CT molecular complexity index is 1550. The molecule has 4 N–H and O–H groups in total. The van der Waals surface area contributed by atoms with Crippen LogP contribution in [0.5, 0.6) is 11.5 Å². The average Bonchev–Trinajstić information content (AvgIpc) is 2.90. The zero-order valence-corrected chi connectivity index (χ0v) is 31.1. The van der Waals surface area contributed by atoms with Crippen molar-refractivity contribution in [3.05, 3.63) is 89.7 Å². The third-order valence-electron chi connectivity index (χ3n) is 5.09. The normalized spacial score (nSPS) is 10.7. The van der Waals surface area contributed by atoms with Gasteiger partial charge in [0.05, 0.1) is 24.5 Å². The summed E-state index contributed by atoms with van der Waals surface area (Å²) >= 11 is 0.611. The Balaban J connectivity index is 0. The Hall–Kier alpha value is -2.05. The van der Waals surface area contributed by atoms with E-state index in [2.05, 4.69) is 13.4 Å². The van der Waals surface area contributed by atoms with E-state index < -0.39 is 63.1 Å².